The van der Waals surface area contributed by atoms with E-state index in [1.54, 1.807) is 16.5 Å². The molecule has 2 atom stereocenters. The molecule has 0 aliphatic carbocycles. The number of methoxy groups -OCH3 is 1. The van der Waals surface area contributed by atoms with Crippen LogP contribution in [-0.2, 0) is 14.3 Å². The third kappa shape index (κ3) is 6.54. The van der Waals surface area contributed by atoms with E-state index in [-0.39, 0.29) is 30.0 Å². The minimum absolute atomic E-state index is 0.0317. The monoisotopic (exact) mass is 570 g/mol. The average molecular weight is 571 g/mol. The van der Waals surface area contributed by atoms with Crippen LogP contribution in [0.5, 0.6) is 0 Å². The number of esters is 1. The number of likely N-dealkylation sites (tertiary alicyclic amines) is 1. The lowest BCUT2D eigenvalue weighted by Gasteiger charge is -2.31. The molecule has 13 heteroatoms. The highest BCUT2D eigenvalue weighted by molar-refractivity contribution is 7.11. The molecule has 8 nitrogen and oxygen atoms in total. The van der Waals surface area contributed by atoms with Gasteiger partial charge in [0.2, 0.25) is 0 Å². The van der Waals surface area contributed by atoms with Gasteiger partial charge in [-0.1, -0.05) is 24.1 Å². The predicted molar refractivity (Wildman–Crippen MR) is 136 cm³/mol. The molecule has 0 spiro atoms. The second-order valence-electron chi connectivity index (χ2n) is 9.15. The summed E-state index contributed by atoms with van der Waals surface area (Å²) in [5.74, 6) is -4.85. The molecule has 2 aromatic rings. The van der Waals surface area contributed by atoms with Crippen molar-refractivity contribution in [2.24, 2.45) is 4.99 Å². The standard InChI is InChI=1S/C25H26ClF3N4O4S/c1-37-24(36)20-18(12-33-13-25(28,29)11-15(33)4-2-3-5-19(34)35)31-22(23-30-8-9-38-23)32-21(20)16-7-6-14(27)10-17(16)26/h6-10,15,21H,2-5,11-13H2,1H3,(H,31,32)(H,34,35)/t15-,21+/m1/s1. The number of aliphatic carboxylic acids is 1. The molecular weight excluding hydrogens is 545 g/mol. The molecule has 3 heterocycles. The van der Waals surface area contributed by atoms with Crippen molar-refractivity contribution in [1.82, 2.24) is 15.2 Å². The van der Waals surface area contributed by atoms with Crippen molar-refractivity contribution in [3.8, 4) is 0 Å². The molecule has 0 bridgehead atoms. The zero-order valence-electron chi connectivity index (χ0n) is 20.4. The number of benzene rings is 1. The van der Waals surface area contributed by atoms with Crippen molar-refractivity contribution in [3.63, 3.8) is 0 Å². The number of hydrogen-bond donors (Lipinski definition) is 2. The highest BCUT2D eigenvalue weighted by Crippen LogP contribution is 2.39. The Morgan fingerprint density at radius 1 is 1.34 bits per heavy atom. The molecule has 2 aliphatic rings. The topological polar surface area (TPSA) is 104 Å². The molecular formula is C25H26ClF3N4O4S. The summed E-state index contributed by atoms with van der Waals surface area (Å²) in [5, 5.41) is 14.3. The molecule has 0 amide bonds. The van der Waals surface area contributed by atoms with E-state index in [0.29, 0.717) is 41.4 Å². The normalized spacial score (nSPS) is 21.2. The fraction of sp³-hybridized carbons (Fsp3) is 0.440. The summed E-state index contributed by atoms with van der Waals surface area (Å²) < 4.78 is 47.9. The van der Waals surface area contributed by atoms with Crippen LogP contribution in [0.15, 0.2) is 46.0 Å². The number of carbonyl (C=O) groups is 2. The van der Waals surface area contributed by atoms with Crippen LogP contribution >= 0.6 is 22.9 Å². The molecule has 204 valence electrons. The zero-order valence-corrected chi connectivity index (χ0v) is 22.0. The Balaban J connectivity index is 1.71. The van der Waals surface area contributed by atoms with Crippen molar-refractivity contribution in [2.45, 2.75) is 50.1 Å². The van der Waals surface area contributed by atoms with E-state index in [9.17, 15) is 22.8 Å². The van der Waals surface area contributed by atoms with E-state index in [0.717, 1.165) is 6.07 Å². The number of ether oxygens (including phenoxy) is 1. The number of unbranched alkanes of at least 4 members (excludes halogenated alkanes) is 1. The maximum atomic E-state index is 14.5. The van der Waals surface area contributed by atoms with Gasteiger partial charge in [-0.25, -0.2) is 22.9 Å². The largest absolute Gasteiger partial charge is 0.481 e. The van der Waals surface area contributed by atoms with Crippen LogP contribution in [0.3, 0.4) is 0 Å². The van der Waals surface area contributed by atoms with E-state index < -0.39 is 42.3 Å². The SMILES string of the molecule is COC(=O)C1=C(CN2CC(F)(F)C[C@H]2CCCCC(=O)O)NC(c2nccs2)=N[C@H]1c1ccc(F)cc1Cl. The van der Waals surface area contributed by atoms with Gasteiger partial charge in [0.25, 0.3) is 5.92 Å². The average Bonchev–Trinajstić information content (AvgIpc) is 3.48. The minimum Gasteiger partial charge on any atom is -0.481 e. The molecule has 0 saturated carbocycles. The number of carboxylic acids is 1. The maximum absolute atomic E-state index is 14.5. The number of thiazole rings is 1. The summed E-state index contributed by atoms with van der Waals surface area (Å²) in [5.41, 5.74) is 0.718. The quantitative estimate of drug-likeness (QED) is 0.312. The number of aromatic nitrogens is 1. The molecule has 1 fully saturated rings. The van der Waals surface area contributed by atoms with E-state index in [1.807, 2.05) is 0 Å². The molecule has 4 rings (SSSR count). The van der Waals surface area contributed by atoms with E-state index in [2.05, 4.69) is 15.3 Å². The summed E-state index contributed by atoms with van der Waals surface area (Å²) in [6.45, 7) is -0.578. The predicted octanol–water partition coefficient (Wildman–Crippen LogP) is 4.81. The number of rotatable bonds is 10. The number of aliphatic imine (C=N–C) groups is 1. The second-order valence-corrected chi connectivity index (χ2v) is 10.5. The van der Waals surface area contributed by atoms with Gasteiger partial charge in [-0.2, -0.15) is 0 Å². The fourth-order valence-electron chi connectivity index (χ4n) is 4.76. The molecule has 2 N–H and O–H groups in total. The summed E-state index contributed by atoms with van der Waals surface area (Å²) in [6.07, 6.45) is 2.41. The molecule has 0 radical (unpaired) electrons. The third-order valence-electron chi connectivity index (χ3n) is 6.45. The van der Waals surface area contributed by atoms with Crippen molar-refractivity contribution in [1.29, 1.82) is 0 Å². The fourth-order valence-corrected chi connectivity index (χ4v) is 5.62. The van der Waals surface area contributed by atoms with Crippen molar-refractivity contribution in [2.75, 3.05) is 20.2 Å². The van der Waals surface area contributed by atoms with Gasteiger partial charge in [-0.3, -0.25) is 14.7 Å². The van der Waals surface area contributed by atoms with Gasteiger partial charge in [-0.15, -0.1) is 11.3 Å². The first kappa shape index (κ1) is 28.1. The first-order chi connectivity index (χ1) is 18.1. The number of hydrogen-bond acceptors (Lipinski definition) is 8. The van der Waals surface area contributed by atoms with Gasteiger partial charge in [0.1, 0.15) is 11.9 Å². The van der Waals surface area contributed by atoms with Crippen LogP contribution in [0, 0.1) is 5.82 Å². The number of halogens is 4. The van der Waals surface area contributed by atoms with Gasteiger partial charge in [0.15, 0.2) is 10.8 Å². The molecule has 1 saturated heterocycles. The molecule has 1 aromatic heterocycles. The lowest BCUT2D eigenvalue weighted by molar-refractivity contribution is -0.137. The van der Waals surface area contributed by atoms with Crippen molar-refractivity contribution >= 4 is 40.7 Å². The van der Waals surface area contributed by atoms with Gasteiger partial charge in [-0.05, 0) is 25.0 Å². The lowest BCUT2D eigenvalue weighted by atomic mass is 9.95. The van der Waals surface area contributed by atoms with Gasteiger partial charge in [0, 0.05) is 53.3 Å². The molecule has 1 aromatic carbocycles. The number of amidine groups is 1. The molecule has 0 unspecified atom stereocenters. The van der Waals surface area contributed by atoms with E-state index in [1.165, 1.54) is 30.6 Å². The Hall–Kier alpha value is -2.96. The molecule has 2 aliphatic heterocycles. The summed E-state index contributed by atoms with van der Waals surface area (Å²) in [4.78, 5) is 34.4. The van der Waals surface area contributed by atoms with Crippen molar-refractivity contribution < 1.29 is 32.6 Å². The Morgan fingerprint density at radius 2 is 2.13 bits per heavy atom. The lowest BCUT2D eigenvalue weighted by Crippen LogP contribution is -2.41. The summed E-state index contributed by atoms with van der Waals surface area (Å²) in [6, 6.07) is 2.21. The Morgan fingerprint density at radius 3 is 2.79 bits per heavy atom. The Bertz CT molecular complexity index is 1260. The number of nitrogens with one attached hydrogen (secondary N) is 1. The highest BCUT2D eigenvalue weighted by Gasteiger charge is 2.45. The highest BCUT2D eigenvalue weighted by atomic mass is 35.5. The van der Waals surface area contributed by atoms with Gasteiger partial charge in [0.05, 0.1) is 19.2 Å². The van der Waals surface area contributed by atoms with Gasteiger partial charge < -0.3 is 15.2 Å². The summed E-state index contributed by atoms with van der Waals surface area (Å²) in [7, 11) is 1.20. The third-order valence-corrected chi connectivity index (χ3v) is 7.55. The van der Waals surface area contributed by atoms with Crippen LogP contribution in [0.4, 0.5) is 13.2 Å². The first-order valence-electron chi connectivity index (χ1n) is 11.9. The van der Waals surface area contributed by atoms with E-state index >= 15 is 0 Å². The van der Waals surface area contributed by atoms with E-state index in [4.69, 9.17) is 21.4 Å². The van der Waals surface area contributed by atoms with Gasteiger partial charge >= 0.3 is 11.9 Å². The second kappa shape index (κ2) is 11.8. The Kier molecular flexibility index (Phi) is 8.74. The van der Waals surface area contributed by atoms with Crippen LogP contribution in [0.2, 0.25) is 5.02 Å². The smallest absolute Gasteiger partial charge is 0.338 e. The maximum Gasteiger partial charge on any atom is 0.338 e. The number of nitrogens with zero attached hydrogens (tertiary/aromatic N) is 3. The van der Waals surface area contributed by atoms with Crippen molar-refractivity contribution in [3.05, 3.63) is 62.5 Å². The van der Waals surface area contributed by atoms with Crippen LogP contribution in [-0.4, -0.2) is 64.9 Å². The summed E-state index contributed by atoms with van der Waals surface area (Å²) >= 11 is 7.64. The molecule has 38 heavy (non-hydrogen) atoms. The minimum atomic E-state index is -2.94. The zero-order chi connectivity index (χ0) is 27.4. The number of carboxylic acid groups (broad SMARTS) is 1. The number of carbonyl (C=O) groups excluding carboxylic acids is 1. The Labute approximate surface area is 226 Å². The number of alkyl halides is 2. The van der Waals surface area contributed by atoms with Crippen LogP contribution in [0.25, 0.3) is 0 Å². The first-order valence-corrected chi connectivity index (χ1v) is 13.2. The van der Waals surface area contributed by atoms with Crippen LogP contribution < -0.4 is 5.32 Å². The van der Waals surface area contributed by atoms with Crippen LogP contribution in [0.1, 0.15) is 48.7 Å².